The van der Waals surface area contributed by atoms with Crippen LogP contribution in [0.15, 0.2) is 42.7 Å². The summed E-state index contributed by atoms with van der Waals surface area (Å²) in [6, 6.07) is 10.6. The summed E-state index contributed by atoms with van der Waals surface area (Å²) in [5, 5.41) is 13.9. The van der Waals surface area contributed by atoms with E-state index < -0.39 is 0 Å². The smallest absolute Gasteiger partial charge is 0.255 e. The number of amides is 1. The molecular formula is C17H17N5O3. The number of methoxy groups -OCH3 is 2. The van der Waals surface area contributed by atoms with Gasteiger partial charge in [0.15, 0.2) is 0 Å². The Morgan fingerprint density at radius 2 is 1.84 bits per heavy atom. The first kappa shape index (κ1) is 16.4. The molecule has 1 N–H and O–H groups in total. The zero-order chi connectivity index (χ0) is 17.8. The fraction of sp³-hybridized carbons (Fsp3) is 0.176. The molecule has 1 heterocycles. The zero-order valence-corrected chi connectivity index (χ0v) is 14.1. The van der Waals surface area contributed by atoms with E-state index in [-0.39, 0.29) is 5.91 Å². The Labute approximate surface area is 144 Å². The molecule has 8 heteroatoms. The maximum Gasteiger partial charge on any atom is 0.255 e. The van der Waals surface area contributed by atoms with E-state index in [4.69, 9.17) is 9.47 Å². The number of carbonyl (C=O) groups is 1. The van der Waals surface area contributed by atoms with Gasteiger partial charge in [0.05, 0.1) is 19.9 Å². The molecular weight excluding hydrogens is 322 g/mol. The number of ether oxygens (including phenoxy) is 2. The van der Waals surface area contributed by atoms with E-state index in [0.29, 0.717) is 22.7 Å². The molecule has 1 aromatic heterocycles. The molecule has 3 aromatic rings. The van der Waals surface area contributed by atoms with Crippen molar-refractivity contribution < 1.29 is 14.3 Å². The molecule has 0 atom stereocenters. The number of tetrazole rings is 1. The summed E-state index contributed by atoms with van der Waals surface area (Å²) in [7, 11) is 3.11. The lowest BCUT2D eigenvalue weighted by Gasteiger charge is -2.13. The number of rotatable bonds is 5. The molecule has 1 amide bonds. The molecule has 0 aliphatic rings. The van der Waals surface area contributed by atoms with Gasteiger partial charge in [-0.1, -0.05) is 6.07 Å². The Morgan fingerprint density at radius 1 is 1.12 bits per heavy atom. The molecule has 3 rings (SSSR count). The molecule has 0 fully saturated rings. The van der Waals surface area contributed by atoms with Crippen molar-refractivity contribution in [1.29, 1.82) is 0 Å². The van der Waals surface area contributed by atoms with Gasteiger partial charge in [-0.2, -0.15) is 0 Å². The second-order valence-corrected chi connectivity index (χ2v) is 5.26. The molecule has 0 bridgehead atoms. The quantitative estimate of drug-likeness (QED) is 0.766. The Hall–Kier alpha value is -3.42. The number of benzene rings is 2. The van der Waals surface area contributed by atoms with Gasteiger partial charge >= 0.3 is 0 Å². The van der Waals surface area contributed by atoms with Crippen LogP contribution in [0.4, 0.5) is 5.69 Å². The monoisotopic (exact) mass is 339 g/mol. The Bertz CT molecular complexity index is 868. The number of nitrogens with one attached hydrogen (secondary N) is 1. The van der Waals surface area contributed by atoms with Crippen molar-refractivity contribution in [1.82, 2.24) is 20.2 Å². The molecule has 25 heavy (non-hydrogen) atoms. The fourth-order valence-corrected chi connectivity index (χ4v) is 2.43. The third-order valence-electron chi connectivity index (χ3n) is 3.73. The molecule has 128 valence electrons. The molecule has 0 aliphatic heterocycles. The predicted octanol–water partition coefficient (Wildman–Crippen LogP) is 2.24. The second kappa shape index (κ2) is 7.00. The second-order valence-electron chi connectivity index (χ2n) is 5.26. The van der Waals surface area contributed by atoms with E-state index in [2.05, 4.69) is 20.8 Å². The first-order valence-corrected chi connectivity index (χ1v) is 7.49. The molecule has 0 radical (unpaired) electrons. The van der Waals surface area contributed by atoms with Gasteiger partial charge in [-0.15, -0.1) is 5.10 Å². The number of hydrogen-bond acceptors (Lipinski definition) is 6. The van der Waals surface area contributed by atoms with Crippen molar-refractivity contribution in [3.63, 3.8) is 0 Å². The highest BCUT2D eigenvalue weighted by Gasteiger charge is 2.14. The standard InChI is InChI=1S/C17H17N5O3/c1-11-15(24-2)7-12(8-16(11)25-3)17(23)19-13-5-4-6-14(9-13)22-10-18-20-21-22/h4-10H,1-3H3,(H,19,23). The highest BCUT2D eigenvalue weighted by atomic mass is 16.5. The summed E-state index contributed by atoms with van der Waals surface area (Å²) in [6.07, 6.45) is 1.48. The van der Waals surface area contributed by atoms with E-state index in [1.165, 1.54) is 11.0 Å². The van der Waals surface area contributed by atoms with Crippen LogP contribution in [0.5, 0.6) is 11.5 Å². The minimum Gasteiger partial charge on any atom is -0.496 e. The van der Waals surface area contributed by atoms with Gasteiger partial charge in [-0.3, -0.25) is 4.79 Å². The lowest BCUT2D eigenvalue weighted by Crippen LogP contribution is -2.13. The van der Waals surface area contributed by atoms with E-state index in [9.17, 15) is 4.79 Å². The summed E-state index contributed by atoms with van der Waals surface area (Å²) in [4.78, 5) is 12.6. The van der Waals surface area contributed by atoms with Crippen LogP contribution in [0.25, 0.3) is 5.69 Å². The van der Waals surface area contributed by atoms with Gasteiger partial charge in [0.25, 0.3) is 5.91 Å². The van der Waals surface area contributed by atoms with Crippen LogP contribution in [0.1, 0.15) is 15.9 Å². The summed E-state index contributed by atoms with van der Waals surface area (Å²) >= 11 is 0. The molecule has 8 nitrogen and oxygen atoms in total. The van der Waals surface area contributed by atoms with Crippen molar-refractivity contribution in [2.45, 2.75) is 6.92 Å². The number of aromatic nitrogens is 4. The van der Waals surface area contributed by atoms with Crippen LogP contribution in [0.2, 0.25) is 0 Å². The molecule has 0 unspecified atom stereocenters. The van der Waals surface area contributed by atoms with Gasteiger partial charge in [0, 0.05) is 16.8 Å². The normalized spacial score (nSPS) is 10.4. The van der Waals surface area contributed by atoms with Crippen molar-refractivity contribution in [2.24, 2.45) is 0 Å². The maximum absolute atomic E-state index is 12.6. The van der Waals surface area contributed by atoms with E-state index in [1.807, 2.05) is 19.1 Å². The topological polar surface area (TPSA) is 91.2 Å². The van der Waals surface area contributed by atoms with Crippen LogP contribution in [0, 0.1) is 6.92 Å². The lowest BCUT2D eigenvalue weighted by atomic mass is 10.1. The van der Waals surface area contributed by atoms with Crippen LogP contribution in [-0.2, 0) is 0 Å². The van der Waals surface area contributed by atoms with Crippen molar-refractivity contribution in [2.75, 3.05) is 19.5 Å². The molecule has 2 aromatic carbocycles. The predicted molar refractivity (Wildman–Crippen MR) is 91.4 cm³/mol. The summed E-state index contributed by atoms with van der Waals surface area (Å²) in [5.74, 6) is 0.907. The van der Waals surface area contributed by atoms with Crippen molar-refractivity contribution >= 4 is 11.6 Å². The highest BCUT2D eigenvalue weighted by Crippen LogP contribution is 2.29. The number of anilines is 1. The molecule has 0 saturated heterocycles. The third kappa shape index (κ3) is 3.42. The van der Waals surface area contributed by atoms with Gasteiger partial charge in [-0.25, -0.2) is 4.68 Å². The minimum atomic E-state index is -0.273. The molecule has 0 aliphatic carbocycles. The van der Waals surface area contributed by atoms with Crippen molar-refractivity contribution in [3.8, 4) is 17.2 Å². The minimum absolute atomic E-state index is 0.273. The van der Waals surface area contributed by atoms with E-state index >= 15 is 0 Å². The first-order chi connectivity index (χ1) is 12.1. The van der Waals surface area contributed by atoms with Crippen LogP contribution in [0.3, 0.4) is 0 Å². The Kier molecular flexibility index (Phi) is 4.60. The first-order valence-electron chi connectivity index (χ1n) is 7.49. The van der Waals surface area contributed by atoms with Gasteiger partial charge in [-0.05, 0) is 47.7 Å². The summed E-state index contributed by atoms with van der Waals surface area (Å²) in [6.45, 7) is 1.87. The largest absolute Gasteiger partial charge is 0.496 e. The Balaban J connectivity index is 1.87. The van der Waals surface area contributed by atoms with Crippen LogP contribution in [-0.4, -0.2) is 40.3 Å². The van der Waals surface area contributed by atoms with Gasteiger partial charge < -0.3 is 14.8 Å². The van der Waals surface area contributed by atoms with E-state index in [0.717, 1.165) is 11.3 Å². The number of hydrogen-bond donors (Lipinski definition) is 1. The van der Waals surface area contributed by atoms with Crippen molar-refractivity contribution in [3.05, 3.63) is 53.9 Å². The maximum atomic E-state index is 12.6. The lowest BCUT2D eigenvalue weighted by molar-refractivity contribution is 0.102. The SMILES string of the molecule is COc1cc(C(=O)Nc2cccc(-n3cnnn3)c2)cc(OC)c1C. The fourth-order valence-electron chi connectivity index (χ4n) is 2.43. The zero-order valence-electron chi connectivity index (χ0n) is 14.1. The number of carbonyl (C=O) groups excluding carboxylic acids is 1. The average Bonchev–Trinajstić information content (AvgIpc) is 3.17. The highest BCUT2D eigenvalue weighted by molar-refractivity contribution is 6.05. The van der Waals surface area contributed by atoms with Crippen LogP contribution < -0.4 is 14.8 Å². The van der Waals surface area contributed by atoms with E-state index in [1.54, 1.807) is 38.5 Å². The third-order valence-corrected chi connectivity index (χ3v) is 3.73. The van der Waals surface area contributed by atoms with Gasteiger partial charge in [0.1, 0.15) is 17.8 Å². The van der Waals surface area contributed by atoms with Gasteiger partial charge in [0.2, 0.25) is 0 Å². The Morgan fingerprint density at radius 3 is 2.44 bits per heavy atom. The summed E-state index contributed by atoms with van der Waals surface area (Å²) < 4.78 is 12.1. The average molecular weight is 339 g/mol. The molecule has 0 spiro atoms. The molecule has 0 saturated carbocycles. The summed E-state index contributed by atoms with van der Waals surface area (Å²) in [5.41, 5.74) is 2.63. The van der Waals surface area contributed by atoms with Crippen LogP contribution >= 0.6 is 0 Å². The number of nitrogens with zero attached hydrogens (tertiary/aromatic N) is 4.